The van der Waals surface area contributed by atoms with Gasteiger partial charge in [0.05, 0.1) is 18.3 Å². The van der Waals surface area contributed by atoms with Crippen LogP contribution in [0.2, 0.25) is 0 Å². The fourth-order valence-electron chi connectivity index (χ4n) is 3.09. The molecule has 0 aliphatic heterocycles. The summed E-state index contributed by atoms with van der Waals surface area (Å²) < 4.78 is 7.00. The zero-order chi connectivity index (χ0) is 18.8. The van der Waals surface area contributed by atoms with Gasteiger partial charge in [-0.1, -0.05) is 19.1 Å². The van der Waals surface area contributed by atoms with Crippen molar-refractivity contribution in [2.75, 3.05) is 12.4 Å². The molecule has 3 aromatic rings. The van der Waals surface area contributed by atoms with Gasteiger partial charge in [0.1, 0.15) is 11.8 Å². The number of aromatic nitrogens is 2. The number of amides is 1. The van der Waals surface area contributed by atoms with E-state index >= 15 is 0 Å². The molecule has 2 aromatic heterocycles. The summed E-state index contributed by atoms with van der Waals surface area (Å²) in [5.74, 6) is 0.305. The lowest BCUT2D eigenvalue weighted by Crippen LogP contribution is -2.33. The maximum absolute atomic E-state index is 12.9. The second kappa shape index (κ2) is 7.29. The van der Waals surface area contributed by atoms with Crippen LogP contribution in [0, 0.1) is 13.8 Å². The Morgan fingerprint density at radius 1 is 1.38 bits per heavy atom. The van der Waals surface area contributed by atoms with Crippen molar-refractivity contribution in [1.82, 2.24) is 9.55 Å². The number of para-hydroxylation sites is 1. The van der Waals surface area contributed by atoms with Crippen LogP contribution in [0.4, 0.5) is 5.13 Å². The summed E-state index contributed by atoms with van der Waals surface area (Å²) >= 11 is 1.36. The Bertz CT molecular complexity index is 1020. The summed E-state index contributed by atoms with van der Waals surface area (Å²) in [6.45, 7) is 5.63. The van der Waals surface area contributed by atoms with Crippen LogP contribution >= 0.6 is 11.3 Å². The molecule has 3 rings (SSSR count). The van der Waals surface area contributed by atoms with Gasteiger partial charge in [0.25, 0.3) is 5.56 Å². The van der Waals surface area contributed by atoms with E-state index in [-0.39, 0.29) is 11.5 Å². The first-order chi connectivity index (χ1) is 12.5. The lowest BCUT2D eigenvalue weighted by atomic mass is 10.1. The van der Waals surface area contributed by atoms with Crippen molar-refractivity contribution in [2.24, 2.45) is 0 Å². The number of carbonyl (C=O) groups excluding carboxylic acids is 1. The minimum absolute atomic E-state index is 0.225. The number of thiazole rings is 1. The monoisotopic (exact) mass is 371 g/mol. The molecule has 1 aromatic carbocycles. The number of ether oxygens (including phenoxy) is 1. The minimum atomic E-state index is -0.661. The first-order valence-electron chi connectivity index (χ1n) is 8.38. The summed E-state index contributed by atoms with van der Waals surface area (Å²) in [5.41, 5.74) is 2.11. The Morgan fingerprint density at radius 2 is 2.15 bits per heavy atom. The highest BCUT2D eigenvalue weighted by atomic mass is 32.1. The molecule has 6 nitrogen and oxygen atoms in total. The normalized spacial score (nSPS) is 12.2. The molecule has 1 amide bonds. The number of benzene rings is 1. The van der Waals surface area contributed by atoms with Crippen molar-refractivity contribution >= 4 is 33.3 Å². The average molecular weight is 371 g/mol. The third-order valence-corrected chi connectivity index (χ3v) is 5.19. The number of rotatable bonds is 5. The third-order valence-electron chi connectivity index (χ3n) is 4.31. The first-order valence-corrected chi connectivity index (χ1v) is 9.26. The average Bonchev–Trinajstić information content (AvgIpc) is 3.02. The van der Waals surface area contributed by atoms with Crippen LogP contribution in [0.5, 0.6) is 5.75 Å². The fourth-order valence-corrected chi connectivity index (χ4v) is 3.78. The van der Waals surface area contributed by atoms with Gasteiger partial charge in [-0.05, 0) is 31.9 Å². The van der Waals surface area contributed by atoms with Gasteiger partial charge in [0, 0.05) is 16.8 Å². The Hall–Kier alpha value is -2.67. The zero-order valence-electron chi connectivity index (χ0n) is 15.2. The van der Waals surface area contributed by atoms with Crippen molar-refractivity contribution in [1.29, 1.82) is 0 Å². The molecule has 1 unspecified atom stereocenters. The van der Waals surface area contributed by atoms with E-state index in [0.717, 1.165) is 16.6 Å². The number of anilines is 1. The van der Waals surface area contributed by atoms with Crippen LogP contribution in [-0.4, -0.2) is 22.6 Å². The minimum Gasteiger partial charge on any atom is -0.495 e. The van der Waals surface area contributed by atoms with Crippen molar-refractivity contribution < 1.29 is 9.53 Å². The molecular formula is C19H21N3O3S. The van der Waals surface area contributed by atoms with E-state index in [0.29, 0.717) is 22.8 Å². The van der Waals surface area contributed by atoms with Gasteiger partial charge in [-0.2, -0.15) is 0 Å². The molecule has 2 heterocycles. The number of hydrogen-bond donors (Lipinski definition) is 1. The molecule has 0 radical (unpaired) electrons. The standard InChI is InChI=1S/C19H21N3O3S/c1-5-14(18(24)21-19-20-12(3)10-26-19)22-16(23)9-11(2)13-7-6-8-15(25-4)17(13)22/h6-10,14H,5H2,1-4H3,(H,20,21,24). The molecule has 7 heteroatoms. The Kier molecular flexibility index (Phi) is 5.08. The SMILES string of the molecule is CCC(C(=O)Nc1nc(C)cs1)n1c(=O)cc(C)c2cccc(OC)c21. The largest absolute Gasteiger partial charge is 0.495 e. The Balaban J connectivity index is 2.15. The maximum Gasteiger partial charge on any atom is 0.252 e. The van der Waals surface area contributed by atoms with Crippen LogP contribution in [0.1, 0.15) is 30.6 Å². The molecule has 26 heavy (non-hydrogen) atoms. The molecule has 0 saturated carbocycles. The highest BCUT2D eigenvalue weighted by molar-refractivity contribution is 7.13. The zero-order valence-corrected chi connectivity index (χ0v) is 16.0. The summed E-state index contributed by atoms with van der Waals surface area (Å²) in [6, 6.07) is 6.50. The van der Waals surface area contributed by atoms with E-state index in [9.17, 15) is 9.59 Å². The van der Waals surface area contributed by atoms with E-state index in [1.165, 1.54) is 15.9 Å². The molecule has 1 N–H and O–H groups in total. The van der Waals surface area contributed by atoms with Crippen molar-refractivity contribution in [3.63, 3.8) is 0 Å². The molecule has 136 valence electrons. The van der Waals surface area contributed by atoms with Crippen LogP contribution in [-0.2, 0) is 4.79 Å². The van der Waals surface area contributed by atoms with E-state index < -0.39 is 6.04 Å². The Morgan fingerprint density at radius 3 is 2.77 bits per heavy atom. The van der Waals surface area contributed by atoms with E-state index in [4.69, 9.17) is 4.74 Å². The summed E-state index contributed by atoms with van der Waals surface area (Å²) in [7, 11) is 1.56. The molecule has 0 aliphatic carbocycles. The number of aryl methyl sites for hydroxylation is 2. The predicted octanol–water partition coefficient (Wildman–Crippen LogP) is 3.67. The second-order valence-corrected chi connectivity index (χ2v) is 6.96. The number of nitrogens with zero attached hydrogens (tertiary/aromatic N) is 2. The molecule has 0 saturated heterocycles. The molecular weight excluding hydrogens is 350 g/mol. The molecule has 1 atom stereocenters. The molecule has 0 fully saturated rings. The van der Waals surface area contributed by atoms with E-state index in [1.54, 1.807) is 19.2 Å². The Labute approximate surface area is 155 Å². The van der Waals surface area contributed by atoms with E-state index in [2.05, 4.69) is 10.3 Å². The highest BCUT2D eigenvalue weighted by Crippen LogP contribution is 2.29. The summed E-state index contributed by atoms with van der Waals surface area (Å²) in [4.78, 5) is 30.0. The smallest absolute Gasteiger partial charge is 0.252 e. The lowest BCUT2D eigenvalue weighted by molar-refractivity contribution is -0.119. The van der Waals surface area contributed by atoms with Crippen LogP contribution in [0.15, 0.2) is 34.4 Å². The van der Waals surface area contributed by atoms with Gasteiger partial charge < -0.3 is 10.1 Å². The number of carbonyl (C=O) groups is 1. The summed E-state index contributed by atoms with van der Waals surface area (Å²) in [6.07, 6.45) is 0.465. The molecule has 0 bridgehead atoms. The van der Waals surface area contributed by atoms with Gasteiger partial charge in [-0.25, -0.2) is 4.98 Å². The topological polar surface area (TPSA) is 73.2 Å². The number of pyridine rings is 1. The molecule has 0 spiro atoms. The number of fused-ring (bicyclic) bond motifs is 1. The van der Waals surface area contributed by atoms with Crippen molar-refractivity contribution in [3.05, 3.63) is 51.3 Å². The number of nitrogens with one attached hydrogen (secondary N) is 1. The van der Waals surface area contributed by atoms with Crippen molar-refractivity contribution in [2.45, 2.75) is 33.2 Å². The summed E-state index contributed by atoms with van der Waals surface area (Å²) in [5, 5.41) is 6.11. The maximum atomic E-state index is 12.9. The van der Waals surface area contributed by atoms with Gasteiger partial charge in [0.15, 0.2) is 5.13 Å². The fraction of sp³-hybridized carbons (Fsp3) is 0.316. The van der Waals surface area contributed by atoms with Crippen molar-refractivity contribution in [3.8, 4) is 5.75 Å². The highest BCUT2D eigenvalue weighted by Gasteiger charge is 2.24. The van der Waals surface area contributed by atoms with Gasteiger partial charge in [-0.15, -0.1) is 11.3 Å². The van der Waals surface area contributed by atoms with Gasteiger partial charge >= 0.3 is 0 Å². The van der Waals surface area contributed by atoms with Crippen LogP contribution < -0.4 is 15.6 Å². The van der Waals surface area contributed by atoms with Gasteiger partial charge in [-0.3, -0.25) is 14.2 Å². The quantitative estimate of drug-likeness (QED) is 0.743. The van der Waals surface area contributed by atoms with Crippen LogP contribution in [0.3, 0.4) is 0 Å². The van der Waals surface area contributed by atoms with Crippen LogP contribution in [0.25, 0.3) is 10.9 Å². The number of methoxy groups -OCH3 is 1. The second-order valence-electron chi connectivity index (χ2n) is 6.10. The number of hydrogen-bond acceptors (Lipinski definition) is 5. The van der Waals surface area contributed by atoms with Gasteiger partial charge in [0.2, 0.25) is 5.91 Å². The predicted molar refractivity (Wildman–Crippen MR) is 104 cm³/mol. The molecule has 0 aliphatic rings. The van der Waals surface area contributed by atoms with E-state index in [1.807, 2.05) is 38.3 Å². The third kappa shape index (κ3) is 3.22. The lowest BCUT2D eigenvalue weighted by Gasteiger charge is -2.21. The first kappa shape index (κ1) is 18.1.